The van der Waals surface area contributed by atoms with Crippen molar-refractivity contribution in [3.05, 3.63) is 12.0 Å². The average Bonchev–Trinajstić information content (AvgIpc) is 2.75. The lowest BCUT2D eigenvalue weighted by atomic mass is 10.4. The Morgan fingerprint density at radius 1 is 1.53 bits per heavy atom. The Hall–Kier alpha value is -1.85. The van der Waals surface area contributed by atoms with Gasteiger partial charge in [-0.1, -0.05) is 0 Å². The van der Waals surface area contributed by atoms with Gasteiger partial charge >= 0.3 is 0 Å². The predicted molar refractivity (Wildman–Crippen MR) is 55.9 cm³/mol. The maximum atomic E-state index is 5.23. The first-order valence-electron chi connectivity index (χ1n) is 4.13. The van der Waals surface area contributed by atoms with Crippen LogP contribution in [0.25, 0.3) is 11.6 Å². The van der Waals surface area contributed by atoms with Gasteiger partial charge in [-0.2, -0.15) is 10.1 Å². The fraction of sp³-hybridized carbons (Fsp3) is 0.250. The number of thiocarbonyl (C=S) groups is 1. The number of hydrogen-bond acceptors (Lipinski definition) is 6. The zero-order chi connectivity index (χ0) is 10.8. The van der Waals surface area contributed by atoms with E-state index in [-0.39, 0.29) is 0 Å². The molecule has 0 spiro atoms. The van der Waals surface area contributed by atoms with Crippen molar-refractivity contribution in [1.29, 1.82) is 0 Å². The molecule has 76 valence electrons. The van der Waals surface area contributed by atoms with E-state index in [0.29, 0.717) is 23.3 Å². The minimum Gasteiger partial charge on any atom is -0.420 e. The smallest absolute Gasteiger partial charge is 0.268 e. The highest BCUT2D eigenvalue weighted by Gasteiger charge is 2.11. The standard InChI is InChI=1S/C8H7N5OS/c1-5-10-11-8(14-5)6-3-7(9-4-15)13(2)12-6/h3H,1-2H3. The number of aliphatic imine (C=N–C) groups is 1. The molecule has 0 aliphatic rings. The van der Waals surface area contributed by atoms with Crippen LogP contribution in [0.2, 0.25) is 0 Å². The third-order valence-electron chi connectivity index (χ3n) is 1.76. The van der Waals surface area contributed by atoms with E-state index in [1.165, 1.54) is 0 Å². The van der Waals surface area contributed by atoms with Crippen molar-refractivity contribution >= 4 is 23.2 Å². The van der Waals surface area contributed by atoms with E-state index >= 15 is 0 Å². The van der Waals surface area contributed by atoms with Crippen LogP contribution in [0.1, 0.15) is 5.89 Å². The number of aryl methyl sites for hydroxylation is 2. The van der Waals surface area contributed by atoms with E-state index in [1.54, 1.807) is 24.7 Å². The van der Waals surface area contributed by atoms with Gasteiger partial charge in [0.2, 0.25) is 5.89 Å². The summed E-state index contributed by atoms with van der Waals surface area (Å²) in [4.78, 5) is 3.83. The van der Waals surface area contributed by atoms with E-state index in [9.17, 15) is 0 Å². The second-order valence-electron chi connectivity index (χ2n) is 2.84. The zero-order valence-corrected chi connectivity index (χ0v) is 8.95. The Kier molecular flexibility index (Phi) is 2.40. The molecule has 0 fully saturated rings. The normalized spacial score (nSPS) is 10.0. The van der Waals surface area contributed by atoms with Crippen LogP contribution in [0, 0.1) is 6.92 Å². The molecular formula is C8H7N5OS. The molecule has 0 bridgehead atoms. The number of nitrogens with zero attached hydrogens (tertiary/aromatic N) is 5. The van der Waals surface area contributed by atoms with E-state index < -0.39 is 0 Å². The molecule has 0 aliphatic heterocycles. The number of isothiocyanates is 1. The molecule has 2 aromatic rings. The van der Waals surface area contributed by atoms with Crippen LogP contribution in [0.3, 0.4) is 0 Å². The second kappa shape index (κ2) is 3.72. The van der Waals surface area contributed by atoms with Crippen LogP contribution >= 0.6 is 12.2 Å². The van der Waals surface area contributed by atoms with E-state index in [4.69, 9.17) is 4.42 Å². The highest BCUT2D eigenvalue weighted by Crippen LogP contribution is 2.21. The monoisotopic (exact) mass is 221 g/mol. The summed E-state index contributed by atoms with van der Waals surface area (Å²) in [6, 6.07) is 1.70. The molecule has 0 unspecified atom stereocenters. The zero-order valence-electron chi connectivity index (χ0n) is 8.13. The summed E-state index contributed by atoms with van der Waals surface area (Å²) in [5.41, 5.74) is 0.571. The van der Waals surface area contributed by atoms with Gasteiger partial charge in [0.1, 0.15) is 0 Å². The van der Waals surface area contributed by atoms with Gasteiger partial charge in [0.25, 0.3) is 5.89 Å². The first kappa shape index (κ1) is 9.70. The molecule has 2 rings (SSSR count). The summed E-state index contributed by atoms with van der Waals surface area (Å²) in [5.74, 6) is 1.46. The van der Waals surface area contributed by atoms with Crippen molar-refractivity contribution in [2.75, 3.05) is 0 Å². The summed E-state index contributed by atoms with van der Waals surface area (Å²) in [7, 11) is 1.75. The molecule has 2 aromatic heterocycles. The van der Waals surface area contributed by atoms with Crippen molar-refractivity contribution in [3.8, 4) is 11.6 Å². The summed E-state index contributed by atoms with van der Waals surface area (Å²) in [5, 5.41) is 14.0. The molecule has 0 saturated carbocycles. The molecule has 0 aromatic carbocycles. The van der Waals surface area contributed by atoms with Gasteiger partial charge in [-0.15, -0.1) is 10.2 Å². The van der Waals surface area contributed by atoms with Crippen molar-refractivity contribution < 1.29 is 4.42 Å². The molecule has 2 heterocycles. The van der Waals surface area contributed by atoms with Gasteiger partial charge in [0.05, 0.1) is 5.16 Å². The largest absolute Gasteiger partial charge is 0.420 e. The predicted octanol–water partition coefficient (Wildman–Crippen LogP) is 1.51. The van der Waals surface area contributed by atoms with Crippen molar-refractivity contribution in [2.45, 2.75) is 6.92 Å². The molecule has 6 nitrogen and oxygen atoms in total. The Balaban J connectivity index is 2.46. The van der Waals surface area contributed by atoms with Crippen molar-refractivity contribution in [2.24, 2.45) is 12.0 Å². The number of aromatic nitrogens is 4. The molecular weight excluding hydrogens is 214 g/mol. The minimum absolute atomic E-state index is 0.369. The molecule has 0 saturated heterocycles. The highest BCUT2D eigenvalue weighted by molar-refractivity contribution is 7.78. The first-order chi connectivity index (χ1) is 7.20. The van der Waals surface area contributed by atoms with Crippen LogP contribution in [-0.2, 0) is 7.05 Å². The molecule has 0 N–H and O–H groups in total. The van der Waals surface area contributed by atoms with Gasteiger partial charge < -0.3 is 4.42 Å². The Bertz CT molecular complexity index is 537. The van der Waals surface area contributed by atoms with Gasteiger partial charge in [-0.05, 0) is 12.2 Å². The molecule has 15 heavy (non-hydrogen) atoms. The fourth-order valence-electron chi connectivity index (χ4n) is 1.11. The van der Waals surface area contributed by atoms with Gasteiger partial charge in [-0.25, -0.2) is 4.68 Å². The van der Waals surface area contributed by atoms with Gasteiger partial charge in [0.15, 0.2) is 11.5 Å². The number of rotatable bonds is 2. The maximum absolute atomic E-state index is 5.23. The summed E-state index contributed by atoms with van der Waals surface area (Å²) in [6.45, 7) is 1.72. The summed E-state index contributed by atoms with van der Waals surface area (Å²) < 4.78 is 6.79. The second-order valence-corrected chi connectivity index (χ2v) is 3.02. The Morgan fingerprint density at radius 3 is 2.93 bits per heavy atom. The molecule has 0 radical (unpaired) electrons. The van der Waals surface area contributed by atoms with Crippen molar-refractivity contribution in [3.63, 3.8) is 0 Å². The van der Waals surface area contributed by atoms with Crippen LogP contribution in [-0.4, -0.2) is 25.1 Å². The molecule has 0 aliphatic carbocycles. The molecule has 0 atom stereocenters. The van der Waals surface area contributed by atoms with E-state index in [2.05, 4.69) is 37.7 Å². The van der Waals surface area contributed by atoms with Crippen LogP contribution < -0.4 is 0 Å². The quantitative estimate of drug-likeness (QED) is 0.568. The van der Waals surface area contributed by atoms with E-state index in [1.807, 2.05) is 0 Å². The maximum Gasteiger partial charge on any atom is 0.268 e. The topological polar surface area (TPSA) is 69.1 Å². The minimum atomic E-state index is 0.369. The molecule has 7 heteroatoms. The van der Waals surface area contributed by atoms with Crippen LogP contribution in [0.4, 0.5) is 5.82 Å². The number of hydrogen-bond donors (Lipinski definition) is 0. The van der Waals surface area contributed by atoms with Crippen LogP contribution in [0.15, 0.2) is 15.5 Å². The molecule has 0 amide bonds. The summed E-state index contributed by atoms with van der Waals surface area (Å²) in [6.07, 6.45) is 0. The van der Waals surface area contributed by atoms with Crippen LogP contribution in [0.5, 0.6) is 0 Å². The lowest BCUT2D eigenvalue weighted by molar-refractivity contribution is 0.529. The van der Waals surface area contributed by atoms with Gasteiger partial charge in [0, 0.05) is 20.0 Å². The fourth-order valence-corrected chi connectivity index (χ4v) is 1.21. The van der Waals surface area contributed by atoms with E-state index in [0.717, 1.165) is 0 Å². The third kappa shape index (κ3) is 1.83. The Morgan fingerprint density at radius 2 is 2.33 bits per heavy atom. The SMILES string of the molecule is Cc1nnc(-c2cc(N=C=S)n(C)n2)o1. The first-order valence-corrected chi connectivity index (χ1v) is 4.54. The highest BCUT2D eigenvalue weighted by atomic mass is 32.1. The average molecular weight is 221 g/mol. The summed E-state index contributed by atoms with van der Waals surface area (Å²) >= 11 is 4.51. The lowest BCUT2D eigenvalue weighted by Gasteiger charge is -1.88. The Labute approximate surface area is 90.6 Å². The van der Waals surface area contributed by atoms with Gasteiger partial charge in [-0.3, -0.25) is 0 Å². The van der Waals surface area contributed by atoms with Crippen molar-refractivity contribution in [1.82, 2.24) is 20.0 Å². The lowest BCUT2D eigenvalue weighted by Crippen LogP contribution is -1.89. The third-order valence-corrected chi connectivity index (χ3v) is 1.85.